The summed E-state index contributed by atoms with van der Waals surface area (Å²) in [5, 5.41) is 19.1. The van der Waals surface area contributed by atoms with Crippen molar-refractivity contribution in [1.29, 1.82) is 0 Å². The molecular formula is C37H39F2N9O7. The third-order valence-electron chi connectivity index (χ3n) is 10.9. The third kappa shape index (κ3) is 6.14. The molecule has 1 atom stereocenters. The fraction of sp³-hybridized carbons (Fsp3) is 0.405. The van der Waals surface area contributed by atoms with Crippen molar-refractivity contribution in [3.63, 3.8) is 0 Å². The van der Waals surface area contributed by atoms with Gasteiger partial charge < -0.3 is 49.4 Å². The molecule has 1 aliphatic carbocycles. The lowest BCUT2D eigenvalue weighted by molar-refractivity contribution is 0.0683. The molecule has 3 aliphatic heterocycles. The number of carbonyl (C=O) groups is 2. The number of aromatic nitrogens is 2. The normalized spacial score (nSPS) is 19.3. The summed E-state index contributed by atoms with van der Waals surface area (Å²) in [4.78, 5) is 65.9. The van der Waals surface area contributed by atoms with Gasteiger partial charge in [0.25, 0.3) is 0 Å². The van der Waals surface area contributed by atoms with Gasteiger partial charge in [0.05, 0.1) is 28.1 Å². The van der Waals surface area contributed by atoms with Gasteiger partial charge in [-0.2, -0.15) is 4.99 Å². The molecule has 3 fully saturated rings. The Morgan fingerprint density at radius 2 is 1.40 bits per heavy atom. The second-order valence-electron chi connectivity index (χ2n) is 14.3. The largest absolute Gasteiger partial charge is 0.487 e. The zero-order chi connectivity index (χ0) is 38.9. The van der Waals surface area contributed by atoms with Crippen LogP contribution in [0.5, 0.6) is 5.75 Å². The van der Waals surface area contributed by atoms with Crippen molar-refractivity contribution >= 4 is 57.0 Å². The zero-order valence-electron chi connectivity index (χ0n) is 30.2. The number of halogens is 2. The summed E-state index contributed by atoms with van der Waals surface area (Å²) in [6, 6.07) is 3.64. The minimum Gasteiger partial charge on any atom is -0.487 e. The Balaban J connectivity index is 0.960. The number of carboxylic acid groups (broad SMARTS) is 2. The highest BCUT2D eigenvalue weighted by Gasteiger charge is 2.33. The van der Waals surface area contributed by atoms with Crippen LogP contribution in [0, 0.1) is 11.6 Å². The fourth-order valence-corrected chi connectivity index (χ4v) is 7.81. The van der Waals surface area contributed by atoms with Crippen molar-refractivity contribution in [1.82, 2.24) is 18.9 Å². The molecule has 8 rings (SSSR count). The van der Waals surface area contributed by atoms with Gasteiger partial charge in [-0.15, -0.1) is 0 Å². The first-order valence-electron chi connectivity index (χ1n) is 18.1. The van der Waals surface area contributed by atoms with Gasteiger partial charge in [-0.3, -0.25) is 14.6 Å². The summed E-state index contributed by atoms with van der Waals surface area (Å²) < 4.78 is 40.8. The molecule has 1 unspecified atom stereocenters. The van der Waals surface area contributed by atoms with E-state index < -0.39 is 40.0 Å². The number of pyridine rings is 2. The van der Waals surface area contributed by atoms with Gasteiger partial charge in [-0.05, 0) is 38.0 Å². The highest BCUT2D eigenvalue weighted by molar-refractivity contribution is 5.98. The van der Waals surface area contributed by atoms with Crippen LogP contribution < -0.4 is 31.1 Å². The highest BCUT2D eigenvalue weighted by atomic mass is 19.1. The second kappa shape index (κ2) is 13.6. The molecule has 0 radical (unpaired) electrons. The Morgan fingerprint density at radius 3 is 2.02 bits per heavy atom. The maximum absolute atomic E-state index is 15.8. The van der Waals surface area contributed by atoms with Crippen LogP contribution in [-0.4, -0.2) is 119 Å². The van der Waals surface area contributed by atoms with E-state index in [9.17, 15) is 29.4 Å². The predicted octanol–water partition coefficient (Wildman–Crippen LogP) is 2.52. The number of anilines is 2. The van der Waals surface area contributed by atoms with Gasteiger partial charge in [0, 0.05) is 83.2 Å². The molecule has 288 valence electrons. The van der Waals surface area contributed by atoms with Gasteiger partial charge in [0.15, 0.2) is 17.5 Å². The first-order chi connectivity index (χ1) is 26.4. The molecule has 55 heavy (non-hydrogen) atoms. The molecule has 0 amide bonds. The summed E-state index contributed by atoms with van der Waals surface area (Å²) >= 11 is 0. The Kier molecular flexibility index (Phi) is 8.84. The molecule has 4 aromatic rings. The van der Waals surface area contributed by atoms with E-state index in [4.69, 9.17) is 10.5 Å². The number of nitrogens with zero attached hydrogens (tertiary/aromatic N) is 8. The monoisotopic (exact) mass is 759 g/mol. The fourth-order valence-electron chi connectivity index (χ4n) is 7.81. The lowest BCUT2D eigenvalue weighted by Gasteiger charge is -2.39. The van der Waals surface area contributed by atoms with E-state index in [1.165, 1.54) is 12.4 Å². The Bertz CT molecular complexity index is 2460. The molecule has 4 N–H and O–H groups in total. The molecule has 1 saturated carbocycles. The minimum atomic E-state index is -1.38. The van der Waals surface area contributed by atoms with Crippen molar-refractivity contribution < 1.29 is 33.3 Å². The molecule has 2 aromatic heterocycles. The average Bonchev–Trinajstić information content (AvgIpc) is 4.02. The number of fused-ring (bicyclic) bond motifs is 1. The standard InChI is InChI=1S/C37H39F2N9O7/c1-19-18-55-33-29-22(32(50)23(34(51)52)16-47(19)29)14-26(39)30(33)44-7-11-46(12-8-44)37(41-2)42-36(40)45-9-5-43(6-10-45)28-15-27-21(13-25(28)38)31(49)24(35(53)54)17-48(27)20-3-4-20/h13-17,19-20H,3-12,18H2,1-2H3,(H,51,52)(H,53,54)(H2,40,41,42). The Hall–Kier alpha value is -6.20. The van der Waals surface area contributed by atoms with Crippen LogP contribution in [0.3, 0.4) is 0 Å². The van der Waals surface area contributed by atoms with Crippen LogP contribution in [0.1, 0.15) is 52.6 Å². The van der Waals surface area contributed by atoms with Gasteiger partial charge in [0.2, 0.25) is 16.8 Å². The van der Waals surface area contributed by atoms with E-state index in [1.807, 2.05) is 26.5 Å². The third-order valence-corrected chi connectivity index (χ3v) is 10.9. The second-order valence-corrected chi connectivity index (χ2v) is 14.3. The molecule has 2 saturated heterocycles. The van der Waals surface area contributed by atoms with Gasteiger partial charge >= 0.3 is 11.9 Å². The highest BCUT2D eigenvalue weighted by Crippen LogP contribution is 2.42. The zero-order valence-corrected chi connectivity index (χ0v) is 30.2. The van der Waals surface area contributed by atoms with E-state index in [-0.39, 0.29) is 52.4 Å². The number of nitrogens with two attached hydrogens (primary N) is 1. The van der Waals surface area contributed by atoms with Crippen LogP contribution in [0.2, 0.25) is 0 Å². The van der Waals surface area contributed by atoms with Crippen LogP contribution in [-0.2, 0) is 0 Å². The number of rotatable bonds is 5. The number of guanidine groups is 2. The number of aliphatic imine (C=N–C) groups is 2. The summed E-state index contributed by atoms with van der Waals surface area (Å²) in [5.74, 6) is -3.20. The quantitative estimate of drug-likeness (QED) is 0.199. The first kappa shape index (κ1) is 35.8. The minimum absolute atomic E-state index is 0.0392. The van der Waals surface area contributed by atoms with Crippen LogP contribution in [0.25, 0.3) is 21.8 Å². The number of benzene rings is 2. The molecule has 4 aliphatic rings. The van der Waals surface area contributed by atoms with E-state index in [1.54, 1.807) is 22.2 Å². The molecular weight excluding hydrogens is 720 g/mol. The van der Waals surface area contributed by atoms with Crippen molar-refractivity contribution in [2.45, 2.75) is 31.8 Å². The summed E-state index contributed by atoms with van der Waals surface area (Å²) in [7, 11) is 1.60. The molecule has 18 heteroatoms. The smallest absolute Gasteiger partial charge is 0.341 e. The van der Waals surface area contributed by atoms with Crippen LogP contribution >= 0.6 is 0 Å². The number of aromatic carboxylic acids is 2. The number of piperazine rings is 2. The SMILES string of the molecule is CN=C(N=C(N)N1CCN(c2cc3c(cc2F)c(=O)c(C(=O)O)cn3C2CC2)CC1)N1CCN(c2c(F)cc3c(=O)c(C(=O)O)cn4c3c2OCC4C)CC1. The lowest BCUT2D eigenvalue weighted by Crippen LogP contribution is -2.53. The van der Waals surface area contributed by atoms with Gasteiger partial charge in [-0.25, -0.2) is 18.4 Å². The maximum atomic E-state index is 15.8. The van der Waals surface area contributed by atoms with Crippen molar-refractivity contribution in [3.8, 4) is 5.75 Å². The molecule has 16 nitrogen and oxygen atoms in total. The van der Waals surface area contributed by atoms with Gasteiger partial charge in [0.1, 0.15) is 29.2 Å². The predicted molar refractivity (Wildman–Crippen MR) is 201 cm³/mol. The molecule has 2 aromatic carbocycles. The summed E-state index contributed by atoms with van der Waals surface area (Å²) in [5.41, 5.74) is 5.58. The number of ether oxygens (including phenoxy) is 1. The van der Waals surface area contributed by atoms with E-state index in [0.717, 1.165) is 25.0 Å². The van der Waals surface area contributed by atoms with Crippen LogP contribution in [0.15, 0.2) is 50.2 Å². The van der Waals surface area contributed by atoms with Gasteiger partial charge in [-0.1, -0.05) is 0 Å². The van der Waals surface area contributed by atoms with Crippen molar-refractivity contribution in [2.24, 2.45) is 15.7 Å². The van der Waals surface area contributed by atoms with E-state index in [0.29, 0.717) is 75.0 Å². The number of hydrogen-bond donors (Lipinski definition) is 3. The maximum Gasteiger partial charge on any atom is 0.341 e. The Labute approximate surface area is 311 Å². The van der Waals surface area contributed by atoms with E-state index in [2.05, 4.69) is 9.98 Å². The Morgan fingerprint density at radius 1 is 0.818 bits per heavy atom. The first-order valence-corrected chi connectivity index (χ1v) is 18.1. The number of hydrogen-bond acceptors (Lipinski definition) is 8. The average molecular weight is 760 g/mol. The summed E-state index contributed by atoms with van der Waals surface area (Å²) in [6.45, 7) is 5.21. The molecule has 0 spiro atoms. The topological polar surface area (TPSA) is 192 Å². The molecule has 0 bridgehead atoms. The lowest BCUT2D eigenvalue weighted by atomic mass is 10.1. The van der Waals surface area contributed by atoms with Crippen molar-refractivity contribution in [2.75, 3.05) is 75.8 Å². The molecule has 5 heterocycles. The number of carboxylic acids is 2. The van der Waals surface area contributed by atoms with Crippen molar-refractivity contribution in [3.05, 3.63) is 73.8 Å². The van der Waals surface area contributed by atoms with E-state index >= 15 is 8.78 Å². The van der Waals surface area contributed by atoms with Crippen LogP contribution in [0.4, 0.5) is 20.2 Å². The summed E-state index contributed by atoms with van der Waals surface area (Å²) in [6.07, 6.45) is 4.35.